The van der Waals surface area contributed by atoms with Crippen LogP contribution in [-0.2, 0) is 0 Å². The number of rotatable bonds is 7. The van der Waals surface area contributed by atoms with Crippen molar-refractivity contribution < 1.29 is 8.81 Å². The molecule has 11 aromatic rings. The normalized spacial score (nSPS) is 11.5. The largest absolute Gasteiger partial charge is 0.455 e. The molecule has 0 aliphatic rings. The van der Waals surface area contributed by atoms with E-state index in [1.807, 2.05) is 30.3 Å². The molecule has 4 heteroatoms. The van der Waals surface area contributed by atoms with E-state index in [0.29, 0.717) is 0 Å². The Balaban J connectivity index is 0.936. The van der Waals surface area contributed by atoms with Gasteiger partial charge in [0.05, 0.1) is 11.0 Å². The summed E-state index contributed by atoms with van der Waals surface area (Å²) in [7, 11) is 0. The average Bonchev–Trinajstić information content (AvgIpc) is 3.83. The number of para-hydroxylation sites is 3. The molecule has 3 nitrogen and oxygen atoms in total. The van der Waals surface area contributed by atoms with Gasteiger partial charge < -0.3 is 13.9 Å². The van der Waals surface area contributed by atoms with Crippen molar-refractivity contribution in [2.24, 2.45) is 0 Å². The molecule has 58 heavy (non-hydrogen) atoms. The lowest BCUT2D eigenvalue weighted by molar-refractivity contribution is 0.629. The van der Waals surface area contributed by atoms with Gasteiger partial charge in [-0.2, -0.15) is 0 Å². The van der Waals surface area contributed by atoms with E-state index in [1.165, 1.54) is 11.6 Å². The fourth-order valence-electron chi connectivity index (χ4n) is 8.50. The lowest BCUT2D eigenvalue weighted by Crippen LogP contribution is -2.09. The molecular weight excluding hydrogens is 712 g/mol. The number of benzene rings is 9. The SMILES string of the molecule is Fc1ccc2c3ccccc3n(-c3cccc(-c4ccc(N(c5ccccc5)c5ccc(-c6cccc7c6oc6cc(-c8ccccc8)ccc67)cc5)cc4)c3)c2c1. The summed E-state index contributed by atoms with van der Waals surface area (Å²) in [5, 5.41) is 4.35. The van der Waals surface area contributed by atoms with Crippen molar-refractivity contribution in [2.75, 3.05) is 4.90 Å². The predicted molar refractivity (Wildman–Crippen MR) is 239 cm³/mol. The Morgan fingerprint density at radius 2 is 0.948 bits per heavy atom. The van der Waals surface area contributed by atoms with Crippen molar-refractivity contribution in [3.05, 3.63) is 218 Å². The number of furan rings is 1. The van der Waals surface area contributed by atoms with Gasteiger partial charge in [-0.3, -0.25) is 0 Å². The Kier molecular flexibility index (Phi) is 8.00. The number of nitrogens with zero attached hydrogens (tertiary/aromatic N) is 2. The lowest BCUT2D eigenvalue weighted by Gasteiger charge is -2.26. The third kappa shape index (κ3) is 5.74. The van der Waals surface area contributed by atoms with Gasteiger partial charge in [-0.25, -0.2) is 4.39 Å². The number of anilines is 3. The Labute approximate surface area is 335 Å². The zero-order chi connectivity index (χ0) is 38.6. The first kappa shape index (κ1) is 33.6. The number of aromatic nitrogens is 1. The standard InChI is InChI=1S/C54H35FN2O/c55-41-26-32-48-47-17-7-8-20-51(47)57(52(48)35-41)45-16-9-13-39(33-45)37-21-27-43(28-22-37)56(42-14-5-2-6-15-42)44-29-23-38(24-30-44)46-18-10-19-50-49-31-25-40(34-53(49)58-54(46)50)36-11-3-1-4-12-36/h1-35H. The van der Waals surface area contributed by atoms with Crippen molar-refractivity contribution in [3.63, 3.8) is 0 Å². The quantitative estimate of drug-likeness (QED) is 0.162. The first-order valence-electron chi connectivity index (χ1n) is 19.5. The maximum atomic E-state index is 14.6. The molecule has 2 aromatic heterocycles. The molecule has 0 saturated heterocycles. The smallest absolute Gasteiger partial charge is 0.143 e. The molecule has 0 aliphatic carbocycles. The van der Waals surface area contributed by atoms with Gasteiger partial charge in [-0.1, -0.05) is 127 Å². The van der Waals surface area contributed by atoms with E-state index in [0.717, 1.165) is 94.3 Å². The molecule has 0 fully saturated rings. The van der Waals surface area contributed by atoms with Gasteiger partial charge in [0.2, 0.25) is 0 Å². The lowest BCUT2D eigenvalue weighted by atomic mass is 10.0. The van der Waals surface area contributed by atoms with Crippen LogP contribution in [0, 0.1) is 5.82 Å². The molecule has 11 rings (SSSR count). The van der Waals surface area contributed by atoms with Crippen LogP contribution in [0.4, 0.5) is 21.5 Å². The van der Waals surface area contributed by atoms with Crippen LogP contribution in [0.25, 0.3) is 82.8 Å². The molecule has 2 heterocycles. The minimum atomic E-state index is -0.248. The molecule has 274 valence electrons. The summed E-state index contributed by atoms with van der Waals surface area (Å²) in [5.74, 6) is -0.248. The Morgan fingerprint density at radius 1 is 0.379 bits per heavy atom. The molecule has 9 aromatic carbocycles. The van der Waals surface area contributed by atoms with E-state index >= 15 is 0 Å². The summed E-state index contributed by atoms with van der Waals surface area (Å²) in [6.45, 7) is 0. The highest BCUT2D eigenvalue weighted by Gasteiger charge is 2.17. The molecule has 0 amide bonds. The Morgan fingerprint density at radius 3 is 1.74 bits per heavy atom. The fraction of sp³-hybridized carbons (Fsp3) is 0. The van der Waals surface area contributed by atoms with E-state index in [2.05, 4.69) is 179 Å². The second-order valence-corrected chi connectivity index (χ2v) is 14.7. The van der Waals surface area contributed by atoms with Crippen molar-refractivity contribution in [2.45, 2.75) is 0 Å². The van der Waals surface area contributed by atoms with Gasteiger partial charge >= 0.3 is 0 Å². The molecule has 0 spiro atoms. The van der Waals surface area contributed by atoms with Gasteiger partial charge in [-0.15, -0.1) is 0 Å². The second-order valence-electron chi connectivity index (χ2n) is 14.7. The molecule has 0 bridgehead atoms. The molecular formula is C54H35FN2O. The van der Waals surface area contributed by atoms with Crippen LogP contribution in [0.3, 0.4) is 0 Å². The van der Waals surface area contributed by atoms with Gasteiger partial charge in [0.1, 0.15) is 17.0 Å². The number of hydrogen-bond acceptors (Lipinski definition) is 2. The van der Waals surface area contributed by atoms with Crippen LogP contribution in [0.1, 0.15) is 0 Å². The number of hydrogen-bond donors (Lipinski definition) is 0. The van der Waals surface area contributed by atoms with E-state index < -0.39 is 0 Å². The molecule has 0 atom stereocenters. The fourth-order valence-corrected chi connectivity index (χ4v) is 8.50. The van der Waals surface area contributed by atoms with Crippen molar-refractivity contribution >= 4 is 60.8 Å². The van der Waals surface area contributed by atoms with E-state index in [1.54, 1.807) is 6.07 Å². The third-order valence-electron chi connectivity index (χ3n) is 11.3. The highest BCUT2D eigenvalue weighted by atomic mass is 19.1. The zero-order valence-corrected chi connectivity index (χ0v) is 31.4. The Bertz CT molecular complexity index is 3270. The van der Waals surface area contributed by atoms with Crippen LogP contribution in [0.2, 0.25) is 0 Å². The number of halogens is 1. The van der Waals surface area contributed by atoms with E-state index in [9.17, 15) is 4.39 Å². The summed E-state index contributed by atoms with van der Waals surface area (Å²) in [6.07, 6.45) is 0. The van der Waals surface area contributed by atoms with Crippen LogP contribution >= 0.6 is 0 Å². The highest BCUT2D eigenvalue weighted by molar-refractivity contribution is 6.11. The van der Waals surface area contributed by atoms with E-state index in [4.69, 9.17) is 4.42 Å². The van der Waals surface area contributed by atoms with Gasteiger partial charge in [-0.05, 0) is 113 Å². The topological polar surface area (TPSA) is 21.3 Å². The summed E-state index contributed by atoms with van der Waals surface area (Å²) in [4.78, 5) is 2.28. The van der Waals surface area contributed by atoms with Crippen LogP contribution < -0.4 is 4.90 Å². The first-order valence-corrected chi connectivity index (χ1v) is 19.5. The summed E-state index contributed by atoms with van der Waals surface area (Å²) in [5.41, 5.74) is 14.4. The van der Waals surface area contributed by atoms with Gasteiger partial charge in [0, 0.05) is 49.9 Å². The molecule has 0 saturated carbocycles. The zero-order valence-electron chi connectivity index (χ0n) is 31.4. The van der Waals surface area contributed by atoms with Crippen molar-refractivity contribution in [1.82, 2.24) is 4.57 Å². The monoisotopic (exact) mass is 746 g/mol. The van der Waals surface area contributed by atoms with Crippen LogP contribution in [0.15, 0.2) is 217 Å². The molecule has 0 aliphatic heterocycles. The van der Waals surface area contributed by atoms with E-state index in [-0.39, 0.29) is 5.82 Å². The summed E-state index contributed by atoms with van der Waals surface area (Å²) < 4.78 is 23.3. The second kappa shape index (κ2) is 13.8. The van der Waals surface area contributed by atoms with Gasteiger partial charge in [0.15, 0.2) is 0 Å². The first-order chi connectivity index (χ1) is 28.7. The summed E-state index contributed by atoms with van der Waals surface area (Å²) >= 11 is 0. The molecule has 0 radical (unpaired) electrons. The van der Waals surface area contributed by atoms with Gasteiger partial charge in [0.25, 0.3) is 0 Å². The highest BCUT2D eigenvalue weighted by Crippen LogP contribution is 2.41. The minimum absolute atomic E-state index is 0.248. The molecule has 0 N–H and O–H groups in total. The summed E-state index contributed by atoms with van der Waals surface area (Å²) in [6, 6.07) is 73.0. The maximum Gasteiger partial charge on any atom is 0.143 e. The Hall–Kier alpha value is -7.69. The maximum absolute atomic E-state index is 14.6. The predicted octanol–water partition coefficient (Wildman–Crippen LogP) is 15.3. The van der Waals surface area contributed by atoms with Crippen molar-refractivity contribution in [1.29, 1.82) is 0 Å². The number of fused-ring (bicyclic) bond motifs is 6. The average molecular weight is 747 g/mol. The molecule has 0 unspecified atom stereocenters. The van der Waals surface area contributed by atoms with Crippen molar-refractivity contribution in [3.8, 4) is 39.1 Å². The minimum Gasteiger partial charge on any atom is -0.455 e. The van der Waals surface area contributed by atoms with Crippen LogP contribution in [0.5, 0.6) is 0 Å². The van der Waals surface area contributed by atoms with Crippen LogP contribution in [-0.4, -0.2) is 4.57 Å². The third-order valence-corrected chi connectivity index (χ3v) is 11.3.